The van der Waals surface area contributed by atoms with E-state index in [1.807, 2.05) is 20.8 Å². The zero-order chi connectivity index (χ0) is 23.4. The molecule has 1 unspecified atom stereocenters. The van der Waals surface area contributed by atoms with Gasteiger partial charge in [-0.15, -0.1) is 0 Å². The van der Waals surface area contributed by atoms with Crippen molar-refractivity contribution in [3.63, 3.8) is 0 Å². The average molecular weight is 457 g/mol. The Morgan fingerprint density at radius 2 is 1.94 bits per heavy atom. The van der Waals surface area contributed by atoms with Gasteiger partial charge in [-0.1, -0.05) is 32.0 Å². The summed E-state index contributed by atoms with van der Waals surface area (Å²) in [5.74, 6) is -0.590. The van der Waals surface area contributed by atoms with E-state index in [4.69, 9.17) is 9.39 Å². The van der Waals surface area contributed by atoms with E-state index < -0.39 is 36.2 Å². The highest BCUT2D eigenvalue weighted by atomic mass is 32.2. The first-order chi connectivity index (χ1) is 15.2. The Balaban J connectivity index is 1.66. The molecule has 2 aromatic rings. The highest BCUT2D eigenvalue weighted by Crippen LogP contribution is 2.18. The molecule has 2 atom stereocenters. The molecule has 2 aromatic carbocycles. The number of nitrogens with one attached hydrogen (secondary N) is 1. The minimum absolute atomic E-state index is 0.0539. The molecule has 1 aliphatic rings. The predicted octanol–water partition coefficient (Wildman–Crippen LogP) is 1.84. The third-order valence-corrected chi connectivity index (χ3v) is 6.85. The van der Waals surface area contributed by atoms with Gasteiger partial charge >= 0.3 is 13.1 Å². The van der Waals surface area contributed by atoms with Gasteiger partial charge in [-0.05, 0) is 71.3 Å². The smallest absolute Gasteiger partial charge is 0.492 e. The number of ether oxygens (including phenoxy) is 1. The molecule has 2 N–H and O–H groups in total. The van der Waals surface area contributed by atoms with Crippen LogP contribution in [0.4, 0.5) is 0 Å². The van der Waals surface area contributed by atoms with Gasteiger partial charge in [0, 0.05) is 5.56 Å². The third kappa shape index (κ3) is 5.35. The molecule has 1 aliphatic heterocycles. The van der Waals surface area contributed by atoms with Crippen LogP contribution in [0.5, 0.6) is 0 Å². The second kappa shape index (κ2) is 10.5. The number of rotatable bonds is 8. The fourth-order valence-electron chi connectivity index (χ4n) is 3.62. The van der Waals surface area contributed by atoms with E-state index in [1.165, 1.54) is 0 Å². The van der Waals surface area contributed by atoms with Gasteiger partial charge in [0.15, 0.2) is 4.90 Å². The summed E-state index contributed by atoms with van der Waals surface area (Å²) in [5.41, 5.74) is 3.23. The molecule has 9 heteroatoms. The molecule has 1 amide bonds. The highest BCUT2D eigenvalue weighted by molar-refractivity contribution is 7.91. The number of esters is 1. The number of carbonyl (C=O) groups excluding carboxylic acids is 2. The van der Waals surface area contributed by atoms with Crippen LogP contribution in [-0.4, -0.2) is 40.4 Å². The number of benzene rings is 2. The van der Waals surface area contributed by atoms with Gasteiger partial charge in [0.2, 0.25) is 0 Å². The maximum absolute atomic E-state index is 12.9. The molecule has 0 bridgehead atoms. The van der Waals surface area contributed by atoms with Crippen molar-refractivity contribution >= 4 is 35.6 Å². The normalized spacial score (nSPS) is 14.8. The molecule has 0 fully saturated rings. The Hall–Kier alpha value is -2.33. The van der Waals surface area contributed by atoms with Crippen molar-refractivity contribution < 1.29 is 28.6 Å². The maximum Gasteiger partial charge on any atom is 0.492 e. The first-order valence-electron chi connectivity index (χ1n) is 10.6. The summed E-state index contributed by atoms with van der Waals surface area (Å²) in [7, 11) is -1.05. The van der Waals surface area contributed by atoms with Crippen molar-refractivity contribution in [2.75, 3.05) is 5.75 Å². The molecule has 0 radical (unpaired) electrons. The topological polar surface area (TPSA) is 108 Å². The zero-order valence-corrected chi connectivity index (χ0v) is 19.5. The van der Waals surface area contributed by atoms with E-state index in [2.05, 4.69) is 5.32 Å². The van der Waals surface area contributed by atoms with E-state index in [-0.39, 0.29) is 12.5 Å². The quantitative estimate of drug-likeness (QED) is 0.356. The summed E-state index contributed by atoms with van der Waals surface area (Å²) in [5, 5.41) is 12.8. The second-order valence-corrected chi connectivity index (χ2v) is 9.80. The number of fused-ring (bicyclic) bond motifs is 1. The largest absolute Gasteiger partial charge is 0.611 e. The van der Waals surface area contributed by atoms with Gasteiger partial charge in [0.1, 0.15) is 18.4 Å². The lowest BCUT2D eigenvalue weighted by Crippen LogP contribution is -2.46. The molecule has 0 aliphatic carbocycles. The van der Waals surface area contributed by atoms with Crippen LogP contribution in [-0.2, 0) is 38.6 Å². The lowest BCUT2D eigenvalue weighted by atomic mass is 9.75. The summed E-state index contributed by atoms with van der Waals surface area (Å²) in [4.78, 5) is 26.4. The van der Waals surface area contributed by atoms with Gasteiger partial charge in [-0.3, -0.25) is 4.79 Å². The number of hydrogen-bond donors (Lipinski definition) is 2. The summed E-state index contributed by atoms with van der Waals surface area (Å²) < 4.78 is 22.5. The molecule has 32 heavy (non-hydrogen) atoms. The Morgan fingerprint density at radius 3 is 2.56 bits per heavy atom. The molecule has 0 saturated carbocycles. The molecular weight excluding hydrogens is 429 g/mol. The number of carbonyl (C=O) groups is 2. The van der Waals surface area contributed by atoms with E-state index in [0.717, 1.165) is 16.0 Å². The summed E-state index contributed by atoms with van der Waals surface area (Å²) >= 11 is -1.03. The third-order valence-electron chi connectivity index (χ3n) is 5.53. The van der Waals surface area contributed by atoms with Gasteiger partial charge in [-0.25, -0.2) is 4.79 Å². The van der Waals surface area contributed by atoms with Crippen molar-refractivity contribution in [3.8, 4) is 0 Å². The van der Waals surface area contributed by atoms with Crippen molar-refractivity contribution in [2.24, 2.45) is 5.92 Å². The van der Waals surface area contributed by atoms with Crippen molar-refractivity contribution in [1.29, 1.82) is 0 Å². The summed E-state index contributed by atoms with van der Waals surface area (Å²) in [6.07, 6.45) is 0. The second-order valence-electron chi connectivity index (χ2n) is 8.06. The van der Waals surface area contributed by atoms with E-state index >= 15 is 0 Å². The molecule has 170 valence electrons. The predicted molar refractivity (Wildman–Crippen MR) is 123 cm³/mol. The summed E-state index contributed by atoms with van der Waals surface area (Å²) in [6.45, 7) is 7.62. The van der Waals surface area contributed by atoms with Gasteiger partial charge in [0.05, 0.1) is 6.61 Å². The lowest BCUT2D eigenvalue weighted by molar-refractivity contribution is -0.148. The van der Waals surface area contributed by atoms with Crippen LogP contribution < -0.4 is 10.8 Å². The molecular formula is C23H28BNO6S. The number of amides is 1. The Morgan fingerprint density at radius 1 is 1.25 bits per heavy atom. The Bertz CT molecular complexity index is 981. The monoisotopic (exact) mass is 457 g/mol. The molecule has 0 spiro atoms. The standard InChI is InChI=1S/C23H28BNO6S/c1-5-32(29)18-9-6-16(7-10-18)12-30-23(27)21(14(2)3)25-22(26)19-11-8-17-13-31-24(28)20(17)15(19)4/h6-11,14,21,28H,5,12-13H2,1-4H3,(H,25,26)/t21-,32?/m0/s1. The van der Waals surface area contributed by atoms with Crippen LogP contribution in [0.25, 0.3) is 0 Å². The van der Waals surface area contributed by atoms with Crippen molar-refractivity contribution in [1.82, 2.24) is 5.32 Å². The molecule has 0 aromatic heterocycles. The maximum atomic E-state index is 12.9. The number of hydrogen-bond acceptors (Lipinski definition) is 6. The minimum Gasteiger partial charge on any atom is -0.611 e. The van der Waals surface area contributed by atoms with Gasteiger partial charge in [0.25, 0.3) is 5.91 Å². The van der Waals surface area contributed by atoms with Crippen molar-refractivity contribution in [3.05, 3.63) is 58.7 Å². The van der Waals surface area contributed by atoms with Crippen LogP contribution >= 0.6 is 0 Å². The lowest BCUT2D eigenvalue weighted by Gasteiger charge is -2.22. The van der Waals surface area contributed by atoms with Crippen LogP contribution in [0.2, 0.25) is 0 Å². The molecule has 7 nitrogen and oxygen atoms in total. The Labute approximate surface area is 191 Å². The van der Waals surface area contributed by atoms with E-state index in [1.54, 1.807) is 43.3 Å². The SMILES string of the molecule is CC[S+]([O-])c1ccc(COC(=O)[C@@H](NC(=O)c2ccc3c(c2C)B(O)OC3)C(C)C)cc1. The fourth-order valence-corrected chi connectivity index (χ4v) is 4.39. The molecule has 0 saturated heterocycles. The van der Waals surface area contributed by atoms with Gasteiger partial charge < -0.3 is 24.3 Å². The molecule has 3 rings (SSSR count). The van der Waals surface area contributed by atoms with Crippen LogP contribution in [0.15, 0.2) is 41.3 Å². The van der Waals surface area contributed by atoms with Crippen LogP contribution in [0, 0.1) is 12.8 Å². The zero-order valence-electron chi connectivity index (χ0n) is 18.7. The summed E-state index contributed by atoms with van der Waals surface area (Å²) in [6, 6.07) is 9.68. The van der Waals surface area contributed by atoms with E-state index in [0.29, 0.717) is 28.9 Å². The first kappa shape index (κ1) is 24.3. The fraction of sp³-hybridized carbons (Fsp3) is 0.391. The van der Waals surface area contributed by atoms with Crippen molar-refractivity contribution in [2.45, 2.75) is 51.8 Å². The molecule has 1 heterocycles. The van der Waals surface area contributed by atoms with Crippen LogP contribution in [0.3, 0.4) is 0 Å². The Kier molecular flexibility index (Phi) is 8.00. The van der Waals surface area contributed by atoms with E-state index in [9.17, 15) is 19.2 Å². The van der Waals surface area contributed by atoms with Crippen LogP contribution in [0.1, 0.15) is 47.8 Å². The average Bonchev–Trinajstić information content (AvgIpc) is 3.17. The first-order valence-corrected chi connectivity index (χ1v) is 11.9. The van der Waals surface area contributed by atoms with Gasteiger partial charge in [-0.2, -0.15) is 0 Å². The highest BCUT2D eigenvalue weighted by Gasteiger charge is 2.32. The minimum atomic E-state index is -1.05.